The lowest BCUT2D eigenvalue weighted by molar-refractivity contribution is -0.153. The van der Waals surface area contributed by atoms with Crippen molar-refractivity contribution in [1.82, 2.24) is 14.7 Å². The molecule has 18 heavy (non-hydrogen) atoms. The minimum atomic E-state index is -0.680. The van der Waals surface area contributed by atoms with Crippen LogP contribution in [-0.2, 0) is 4.79 Å². The molecule has 1 heterocycles. The Labute approximate surface area is 110 Å². The van der Waals surface area contributed by atoms with Crippen LogP contribution in [0.4, 0.5) is 0 Å². The van der Waals surface area contributed by atoms with Crippen molar-refractivity contribution in [2.24, 2.45) is 0 Å². The van der Waals surface area contributed by atoms with Crippen LogP contribution in [0.25, 0.3) is 0 Å². The fourth-order valence-electron chi connectivity index (χ4n) is 2.61. The van der Waals surface area contributed by atoms with Crippen LogP contribution >= 0.6 is 0 Å². The lowest BCUT2D eigenvalue weighted by Crippen LogP contribution is -2.57. The van der Waals surface area contributed by atoms with Crippen molar-refractivity contribution in [1.29, 1.82) is 0 Å². The molecule has 1 rings (SSSR count). The molecule has 5 heteroatoms. The van der Waals surface area contributed by atoms with Crippen molar-refractivity contribution < 1.29 is 9.90 Å². The molecule has 0 radical (unpaired) electrons. The normalized spacial score (nSPS) is 20.6. The molecule has 1 saturated heterocycles. The van der Waals surface area contributed by atoms with Crippen LogP contribution < -0.4 is 0 Å². The molecule has 106 valence electrons. The fourth-order valence-corrected chi connectivity index (χ4v) is 2.61. The fraction of sp³-hybridized carbons (Fsp3) is 0.923. The molecule has 0 amide bonds. The van der Waals surface area contributed by atoms with E-state index < -0.39 is 11.5 Å². The molecule has 0 aromatic rings. The van der Waals surface area contributed by atoms with Gasteiger partial charge in [0.05, 0.1) is 0 Å². The highest BCUT2D eigenvalue weighted by Crippen LogP contribution is 2.27. The Kier molecular flexibility index (Phi) is 5.56. The van der Waals surface area contributed by atoms with E-state index in [9.17, 15) is 9.90 Å². The van der Waals surface area contributed by atoms with Gasteiger partial charge in [-0.3, -0.25) is 9.69 Å². The van der Waals surface area contributed by atoms with Gasteiger partial charge in [0.25, 0.3) is 0 Å². The highest BCUT2D eigenvalue weighted by molar-refractivity contribution is 5.78. The zero-order chi connectivity index (χ0) is 13.8. The van der Waals surface area contributed by atoms with Gasteiger partial charge in [-0.25, -0.2) is 0 Å². The number of carboxylic acids is 1. The van der Waals surface area contributed by atoms with Crippen molar-refractivity contribution in [2.75, 3.05) is 54.4 Å². The van der Waals surface area contributed by atoms with E-state index in [2.05, 4.69) is 23.9 Å². The number of likely N-dealkylation sites (tertiary alicyclic amines) is 1. The standard InChI is InChI=1S/C13H27N3O2/c1-14(2)8-5-9-16-10-6-13(7-11-16,12(17)18)15(3)4/h5-11H2,1-4H3,(H,17,18). The van der Waals surface area contributed by atoms with Gasteiger partial charge >= 0.3 is 5.97 Å². The van der Waals surface area contributed by atoms with E-state index in [0.29, 0.717) is 0 Å². The van der Waals surface area contributed by atoms with Gasteiger partial charge in [0.1, 0.15) is 5.54 Å². The van der Waals surface area contributed by atoms with Crippen LogP contribution in [0.5, 0.6) is 0 Å². The lowest BCUT2D eigenvalue weighted by Gasteiger charge is -2.43. The summed E-state index contributed by atoms with van der Waals surface area (Å²) in [7, 11) is 7.90. The Morgan fingerprint density at radius 3 is 2.17 bits per heavy atom. The Balaban J connectivity index is 2.41. The Bertz CT molecular complexity index is 271. The second-order valence-electron chi connectivity index (χ2n) is 5.73. The maximum Gasteiger partial charge on any atom is 0.324 e. The lowest BCUT2D eigenvalue weighted by atomic mass is 9.86. The first-order valence-corrected chi connectivity index (χ1v) is 6.66. The van der Waals surface area contributed by atoms with Gasteiger partial charge in [0, 0.05) is 13.1 Å². The summed E-state index contributed by atoms with van der Waals surface area (Å²) in [6.45, 7) is 3.94. The van der Waals surface area contributed by atoms with Crippen LogP contribution in [0.2, 0.25) is 0 Å². The first-order valence-electron chi connectivity index (χ1n) is 6.66. The summed E-state index contributed by atoms with van der Waals surface area (Å²) in [6.07, 6.45) is 2.59. The van der Waals surface area contributed by atoms with Gasteiger partial charge in [0.2, 0.25) is 0 Å². The van der Waals surface area contributed by atoms with E-state index in [0.717, 1.165) is 45.4 Å². The summed E-state index contributed by atoms with van der Waals surface area (Å²) in [5.41, 5.74) is -0.655. The minimum absolute atomic E-state index is 0.655. The van der Waals surface area contributed by atoms with Gasteiger partial charge in [-0.1, -0.05) is 0 Å². The molecule has 0 bridgehead atoms. The second kappa shape index (κ2) is 6.50. The monoisotopic (exact) mass is 257 g/mol. The molecule has 0 aliphatic carbocycles. The molecule has 1 aliphatic rings. The Morgan fingerprint density at radius 1 is 1.22 bits per heavy atom. The minimum Gasteiger partial charge on any atom is -0.480 e. The van der Waals surface area contributed by atoms with Crippen LogP contribution in [0.1, 0.15) is 19.3 Å². The predicted molar refractivity (Wildman–Crippen MR) is 72.9 cm³/mol. The third-order valence-electron chi connectivity index (χ3n) is 4.02. The molecular formula is C13H27N3O2. The van der Waals surface area contributed by atoms with Gasteiger partial charge < -0.3 is 14.9 Å². The van der Waals surface area contributed by atoms with Crippen molar-refractivity contribution in [3.05, 3.63) is 0 Å². The van der Waals surface area contributed by atoms with E-state index in [1.807, 2.05) is 19.0 Å². The van der Waals surface area contributed by atoms with Gasteiger partial charge in [-0.2, -0.15) is 0 Å². The summed E-state index contributed by atoms with van der Waals surface area (Å²) < 4.78 is 0. The summed E-state index contributed by atoms with van der Waals surface area (Å²) in [5, 5.41) is 9.43. The smallest absolute Gasteiger partial charge is 0.324 e. The van der Waals surface area contributed by atoms with Crippen molar-refractivity contribution >= 4 is 5.97 Å². The third kappa shape index (κ3) is 3.67. The number of hydrogen-bond acceptors (Lipinski definition) is 4. The molecule has 0 saturated carbocycles. The largest absolute Gasteiger partial charge is 0.480 e. The SMILES string of the molecule is CN(C)CCCN1CCC(C(=O)O)(N(C)C)CC1. The van der Waals surface area contributed by atoms with Crippen LogP contribution in [-0.4, -0.2) is 85.7 Å². The van der Waals surface area contributed by atoms with E-state index in [-0.39, 0.29) is 0 Å². The Morgan fingerprint density at radius 2 is 1.78 bits per heavy atom. The molecule has 0 aromatic heterocycles. The third-order valence-corrected chi connectivity index (χ3v) is 4.02. The van der Waals surface area contributed by atoms with E-state index in [4.69, 9.17) is 0 Å². The molecule has 5 nitrogen and oxygen atoms in total. The Hall–Kier alpha value is -0.650. The summed E-state index contributed by atoms with van der Waals surface area (Å²) in [4.78, 5) is 17.9. The quantitative estimate of drug-likeness (QED) is 0.747. The molecule has 0 spiro atoms. The average molecular weight is 257 g/mol. The zero-order valence-corrected chi connectivity index (χ0v) is 12.1. The van der Waals surface area contributed by atoms with Crippen LogP contribution in [0, 0.1) is 0 Å². The van der Waals surface area contributed by atoms with Crippen molar-refractivity contribution in [3.63, 3.8) is 0 Å². The van der Waals surface area contributed by atoms with E-state index >= 15 is 0 Å². The second-order valence-corrected chi connectivity index (χ2v) is 5.73. The molecular weight excluding hydrogens is 230 g/mol. The predicted octanol–water partition coefficient (Wildman–Crippen LogP) is 0.419. The summed E-state index contributed by atoms with van der Waals surface area (Å²) in [5.74, 6) is -0.680. The molecule has 1 aliphatic heterocycles. The first-order chi connectivity index (χ1) is 8.38. The van der Waals surface area contributed by atoms with Crippen LogP contribution in [0.3, 0.4) is 0 Å². The number of carbonyl (C=O) groups is 1. The molecule has 1 fully saturated rings. The van der Waals surface area contributed by atoms with Gasteiger partial charge in [0.15, 0.2) is 0 Å². The number of hydrogen-bond donors (Lipinski definition) is 1. The maximum atomic E-state index is 11.5. The van der Waals surface area contributed by atoms with Crippen molar-refractivity contribution in [3.8, 4) is 0 Å². The van der Waals surface area contributed by atoms with Gasteiger partial charge in [-0.15, -0.1) is 0 Å². The maximum absolute atomic E-state index is 11.5. The van der Waals surface area contributed by atoms with E-state index in [1.165, 1.54) is 0 Å². The topological polar surface area (TPSA) is 47.0 Å². The molecule has 0 atom stereocenters. The number of piperidine rings is 1. The molecule has 0 aromatic carbocycles. The first kappa shape index (κ1) is 15.4. The van der Waals surface area contributed by atoms with Crippen LogP contribution in [0.15, 0.2) is 0 Å². The molecule has 0 unspecified atom stereocenters. The molecule has 1 N–H and O–H groups in total. The summed E-state index contributed by atoms with van der Waals surface area (Å²) >= 11 is 0. The number of likely N-dealkylation sites (N-methyl/N-ethyl adjacent to an activating group) is 1. The number of rotatable bonds is 6. The number of nitrogens with zero attached hydrogens (tertiary/aromatic N) is 3. The highest BCUT2D eigenvalue weighted by Gasteiger charge is 2.43. The highest BCUT2D eigenvalue weighted by atomic mass is 16.4. The summed E-state index contributed by atoms with van der Waals surface area (Å²) in [6, 6.07) is 0. The number of carboxylic acid groups (broad SMARTS) is 1. The zero-order valence-electron chi connectivity index (χ0n) is 12.1. The van der Waals surface area contributed by atoms with Gasteiger partial charge in [-0.05, 0) is 60.5 Å². The number of aliphatic carboxylic acids is 1. The van der Waals surface area contributed by atoms with E-state index in [1.54, 1.807) is 0 Å². The van der Waals surface area contributed by atoms with Crippen molar-refractivity contribution in [2.45, 2.75) is 24.8 Å². The average Bonchev–Trinajstić information content (AvgIpc) is 2.28.